The number of aryl methyl sites for hydroxylation is 1. The van der Waals surface area contributed by atoms with Gasteiger partial charge < -0.3 is 11.1 Å². The van der Waals surface area contributed by atoms with Gasteiger partial charge in [0, 0.05) is 31.3 Å². The molecule has 2 atom stereocenters. The first-order chi connectivity index (χ1) is 9.02. The Balaban J connectivity index is 1.87. The van der Waals surface area contributed by atoms with Crippen LogP contribution in [0.5, 0.6) is 0 Å². The van der Waals surface area contributed by atoms with E-state index < -0.39 is 0 Å². The molecule has 1 aliphatic carbocycles. The summed E-state index contributed by atoms with van der Waals surface area (Å²) >= 11 is 0. The monoisotopic (exact) mass is 264 g/mol. The second-order valence-corrected chi connectivity index (χ2v) is 5.94. The third kappa shape index (κ3) is 4.26. The molecule has 1 aromatic rings. The Hall–Kier alpha value is -1.52. The fourth-order valence-corrected chi connectivity index (χ4v) is 3.06. The number of carbonyl (C=O) groups excluding carboxylic acids is 1. The molecule has 1 fully saturated rings. The molecule has 0 spiro atoms. The van der Waals surface area contributed by atoms with Crippen molar-refractivity contribution in [3.8, 4) is 0 Å². The van der Waals surface area contributed by atoms with Crippen molar-refractivity contribution >= 4 is 11.7 Å². The maximum Gasteiger partial charge on any atom is 0.219 e. The lowest BCUT2D eigenvalue weighted by atomic mass is 9.80. The van der Waals surface area contributed by atoms with Crippen LogP contribution in [-0.4, -0.2) is 21.7 Å². The molecule has 0 saturated heterocycles. The molecule has 0 bridgehead atoms. The summed E-state index contributed by atoms with van der Waals surface area (Å²) in [5.41, 5.74) is 5.13. The van der Waals surface area contributed by atoms with Crippen LogP contribution < -0.4 is 11.1 Å². The minimum atomic E-state index is -0.292. The number of rotatable bonds is 5. The van der Waals surface area contributed by atoms with Crippen LogP contribution in [0.25, 0.3) is 0 Å². The third-order valence-electron chi connectivity index (χ3n) is 3.76. The Morgan fingerprint density at radius 3 is 2.74 bits per heavy atom. The molecule has 1 saturated carbocycles. The van der Waals surface area contributed by atoms with Gasteiger partial charge in [0.1, 0.15) is 5.82 Å². The zero-order valence-corrected chi connectivity index (χ0v) is 11.8. The number of amides is 1. The van der Waals surface area contributed by atoms with E-state index in [2.05, 4.69) is 24.3 Å². The van der Waals surface area contributed by atoms with Crippen LogP contribution in [0.4, 0.5) is 5.82 Å². The number of primary amides is 1. The van der Waals surface area contributed by atoms with E-state index in [1.54, 1.807) is 4.68 Å². The number of nitrogens with zero attached hydrogens (tertiary/aromatic N) is 2. The fraction of sp³-hybridized carbons (Fsp3) is 0.714. The van der Waals surface area contributed by atoms with Crippen LogP contribution in [0.15, 0.2) is 12.3 Å². The highest BCUT2D eigenvalue weighted by Crippen LogP contribution is 2.30. The predicted octanol–water partition coefficient (Wildman–Crippen LogP) is 2.00. The van der Waals surface area contributed by atoms with E-state index in [-0.39, 0.29) is 5.91 Å². The molecule has 0 aromatic carbocycles. The van der Waals surface area contributed by atoms with Crippen molar-refractivity contribution in [3.63, 3.8) is 0 Å². The molecular weight excluding hydrogens is 240 g/mol. The highest BCUT2D eigenvalue weighted by atomic mass is 16.1. The maximum absolute atomic E-state index is 10.7. The van der Waals surface area contributed by atoms with Crippen molar-refractivity contribution < 1.29 is 4.79 Å². The number of nitrogens with two attached hydrogens (primary N) is 1. The van der Waals surface area contributed by atoms with Gasteiger partial charge in [-0.25, -0.2) is 0 Å². The minimum absolute atomic E-state index is 0.292. The van der Waals surface area contributed by atoms with Crippen molar-refractivity contribution in [2.45, 2.75) is 52.1 Å². The molecule has 2 unspecified atom stereocenters. The van der Waals surface area contributed by atoms with Gasteiger partial charge in [0.05, 0.1) is 0 Å². The SMILES string of the molecule is CC1CC(C)CC(Nc2ccn(CCC(N)=O)n2)C1. The molecule has 106 valence electrons. The summed E-state index contributed by atoms with van der Waals surface area (Å²) in [7, 11) is 0. The van der Waals surface area contributed by atoms with Crippen molar-refractivity contribution in [2.24, 2.45) is 17.6 Å². The van der Waals surface area contributed by atoms with E-state index in [0.29, 0.717) is 19.0 Å². The molecule has 0 aliphatic heterocycles. The van der Waals surface area contributed by atoms with Gasteiger partial charge in [0.25, 0.3) is 0 Å². The average molecular weight is 264 g/mol. The quantitative estimate of drug-likeness (QED) is 0.854. The average Bonchev–Trinajstić information content (AvgIpc) is 2.72. The van der Waals surface area contributed by atoms with E-state index in [1.165, 1.54) is 19.3 Å². The van der Waals surface area contributed by atoms with Gasteiger partial charge in [0.15, 0.2) is 0 Å². The van der Waals surface area contributed by atoms with Gasteiger partial charge in [-0.15, -0.1) is 0 Å². The van der Waals surface area contributed by atoms with E-state index in [4.69, 9.17) is 5.73 Å². The van der Waals surface area contributed by atoms with Gasteiger partial charge in [-0.1, -0.05) is 13.8 Å². The van der Waals surface area contributed by atoms with Crippen LogP contribution in [-0.2, 0) is 11.3 Å². The Bertz CT molecular complexity index is 419. The normalized spacial score (nSPS) is 27.2. The van der Waals surface area contributed by atoms with E-state index in [1.807, 2.05) is 12.3 Å². The Morgan fingerprint density at radius 1 is 1.42 bits per heavy atom. The molecule has 5 heteroatoms. The second kappa shape index (κ2) is 6.08. The Morgan fingerprint density at radius 2 is 2.11 bits per heavy atom. The number of nitrogens with one attached hydrogen (secondary N) is 1. The summed E-state index contributed by atoms with van der Waals surface area (Å²) in [6.07, 6.45) is 5.96. The minimum Gasteiger partial charge on any atom is -0.370 e. The zero-order chi connectivity index (χ0) is 13.8. The summed E-state index contributed by atoms with van der Waals surface area (Å²) in [6, 6.07) is 2.48. The van der Waals surface area contributed by atoms with Gasteiger partial charge in [-0.3, -0.25) is 9.48 Å². The second-order valence-electron chi connectivity index (χ2n) is 5.94. The number of hydrogen-bond acceptors (Lipinski definition) is 3. The van der Waals surface area contributed by atoms with E-state index >= 15 is 0 Å². The van der Waals surface area contributed by atoms with Crippen molar-refractivity contribution in [1.82, 2.24) is 9.78 Å². The third-order valence-corrected chi connectivity index (χ3v) is 3.76. The number of aromatic nitrogens is 2. The first-order valence-electron chi connectivity index (χ1n) is 7.11. The summed E-state index contributed by atoms with van der Waals surface area (Å²) in [6.45, 7) is 5.18. The molecule has 5 nitrogen and oxygen atoms in total. The molecule has 1 aromatic heterocycles. The van der Waals surface area contributed by atoms with Crippen LogP contribution in [0.1, 0.15) is 39.5 Å². The number of hydrogen-bond donors (Lipinski definition) is 2. The summed E-state index contributed by atoms with van der Waals surface area (Å²) in [5, 5.41) is 7.93. The molecule has 2 rings (SSSR count). The molecule has 0 radical (unpaired) electrons. The first-order valence-corrected chi connectivity index (χ1v) is 7.11. The highest BCUT2D eigenvalue weighted by molar-refractivity contribution is 5.73. The first kappa shape index (κ1) is 13.9. The molecule has 3 N–H and O–H groups in total. The van der Waals surface area contributed by atoms with Gasteiger partial charge in [0.2, 0.25) is 5.91 Å². The zero-order valence-electron chi connectivity index (χ0n) is 11.8. The number of carbonyl (C=O) groups is 1. The van der Waals surface area contributed by atoms with E-state index in [0.717, 1.165) is 17.7 Å². The van der Waals surface area contributed by atoms with Crippen molar-refractivity contribution in [3.05, 3.63) is 12.3 Å². The highest BCUT2D eigenvalue weighted by Gasteiger charge is 2.24. The van der Waals surface area contributed by atoms with Crippen LogP contribution in [0.3, 0.4) is 0 Å². The maximum atomic E-state index is 10.7. The molecule has 1 aliphatic rings. The molecule has 19 heavy (non-hydrogen) atoms. The lowest BCUT2D eigenvalue weighted by Gasteiger charge is -2.31. The topological polar surface area (TPSA) is 72.9 Å². The van der Waals surface area contributed by atoms with Crippen LogP contribution in [0, 0.1) is 11.8 Å². The lowest BCUT2D eigenvalue weighted by Crippen LogP contribution is -2.30. The summed E-state index contributed by atoms with van der Waals surface area (Å²) in [5.74, 6) is 2.16. The van der Waals surface area contributed by atoms with Gasteiger partial charge in [-0.2, -0.15) is 5.10 Å². The molecular formula is C14H24N4O. The standard InChI is InChI=1S/C14H24N4O/c1-10-7-11(2)9-12(8-10)16-14-4-6-18(17-14)5-3-13(15)19/h4,6,10-12H,3,5,7-9H2,1-2H3,(H2,15,19)(H,16,17). The van der Waals surface area contributed by atoms with E-state index in [9.17, 15) is 4.79 Å². The Labute approximate surface area is 114 Å². The van der Waals surface area contributed by atoms with Crippen molar-refractivity contribution in [1.29, 1.82) is 0 Å². The van der Waals surface area contributed by atoms with Crippen molar-refractivity contribution in [2.75, 3.05) is 5.32 Å². The predicted molar refractivity (Wildman–Crippen MR) is 75.6 cm³/mol. The fourth-order valence-electron chi connectivity index (χ4n) is 3.06. The summed E-state index contributed by atoms with van der Waals surface area (Å²) in [4.78, 5) is 10.7. The van der Waals surface area contributed by atoms with Crippen LogP contribution in [0.2, 0.25) is 0 Å². The molecule has 1 heterocycles. The molecule has 1 amide bonds. The van der Waals surface area contributed by atoms with Gasteiger partial charge in [-0.05, 0) is 31.1 Å². The smallest absolute Gasteiger partial charge is 0.219 e. The largest absolute Gasteiger partial charge is 0.370 e. The van der Waals surface area contributed by atoms with Crippen LogP contribution >= 0.6 is 0 Å². The number of anilines is 1. The Kier molecular flexibility index (Phi) is 4.45. The van der Waals surface area contributed by atoms with Gasteiger partial charge >= 0.3 is 0 Å². The lowest BCUT2D eigenvalue weighted by molar-refractivity contribution is -0.118. The summed E-state index contributed by atoms with van der Waals surface area (Å²) < 4.78 is 1.77.